The van der Waals surface area contributed by atoms with Gasteiger partial charge in [-0.05, 0) is 31.4 Å². The highest BCUT2D eigenvalue weighted by Crippen LogP contribution is 2.33. The third-order valence-corrected chi connectivity index (χ3v) is 6.48. The molecule has 1 aliphatic heterocycles. The number of hydrogen-bond acceptors (Lipinski definition) is 3. The summed E-state index contributed by atoms with van der Waals surface area (Å²) in [6.07, 6.45) is -1.03. The monoisotopic (exact) mass is 377 g/mol. The highest BCUT2D eigenvalue weighted by molar-refractivity contribution is 7.92. The van der Waals surface area contributed by atoms with E-state index in [9.17, 15) is 26.4 Å². The maximum absolute atomic E-state index is 13.0. The van der Waals surface area contributed by atoms with Gasteiger partial charge in [0.05, 0.1) is 11.3 Å². The van der Waals surface area contributed by atoms with Gasteiger partial charge in [-0.15, -0.1) is 0 Å². The van der Waals surface area contributed by atoms with E-state index in [2.05, 4.69) is 0 Å². The van der Waals surface area contributed by atoms with Gasteiger partial charge in [-0.25, -0.2) is 8.42 Å². The van der Waals surface area contributed by atoms with Crippen molar-refractivity contribution >= 4 is 15.7 Å². The molecule has 0 radical (unpaired) electrons. The summed E-state index contributed by atoms with van der Waals surface area (Å²) >= 11 is 0. The van der Waals surface area contributed by atoms with Gasteiger partial charge in [-0.2, -0.15) is 13.2 Å². The second-order valence-electron chi connectivity index (χ2n) is 6.34. The highest BCUT2D eigenvalue weighted by atomic mass is 32.2. The van der Waals surface area contributed by atoms with Crippen molar-refractivity contribution in [3.63, 3.8) is 0 Å². The molecule has 0 aliphatic carbocycles. The molecule has 140 valence electrons. The van der Waals surface area contributed by atoms with Crippen LogP contribution in [-0.4, -0.2) is 37.6 Å². The zero-order chi connectivity index (χ0) is 18.7. The average Bonchev–Trinajstić information content (AvgIpc) is 2.81. The maximum atomic E-state index is 13.0. The van der Waals surface area contributed by atoms with Crippen LogP contribution in [0.5, 0.6) is 0 Å². The minimum atomic E-state index is -4.63. The van der Waals surface area contributed by atoms with E-state index in [-0.39, 0.29) is 5.56 Å². The Hall–Kier alpha value is -1.57. The van der Waals surface area contributed by atoms with E-state index in [0.29, 0.717) is 13.1 Å². The van der Waals surface area contributed by atoms with Crippen LogP contribution in [0.25, 0.3) is 0 Å². The molecular formula is C17H22F3NO3S. The summed E-state index contributed by atoms with van der Waals surface area (Å²) in [6, 6.07) is 4.57. The predicted octanol–water partition coefficient (Wildman–Crippen LogP) is 3.41. The highest BCUT2D eigenvalue weighted by Gasteiger charge is 2.37. The van der Waals surface area contributed by atoms with E-state index in [1.807, 2.05) is 0 Å². The van der Waals surface area contributed by atoms with Crippen LogP contribution in [0.15, 0.2) is 24.3 Å². The molecule has 1 aromatic carbocycles. The Morgan fingerprint density at radius 2 is 1.68 bits per heavy atom. The smallest absolute Gasteiger partial charge is 0.342 e. The minimum absolute atomic E-state index is 0.328. The molecule has 0 aromatic heterocycles. The van der Waals surface area contributed by atoms with Crippen molar-refractivity contribution in [2.75, 3.05) is 13.1 Å². The summed E-state index contributed by atoms with van der Waals surface area (Å²) in [6.45, 7) is 2.26. The lowest BCUT2D eigenvalue weighted by Crippen LogP contribution is -2.42. The lowest BCUT2D eigenvalue weighted by molar-refractivity contribution is -0.138. The Bertz CT molecular complexity index is 708. The van der Waals surface area contributed by atoms with Crippen LogP contribution in [0.3, 0.4) is 0 Å². The predicted molar refractivity (Wildman–Crippen MR) is 88.6 cm³/mol. The quantitative estimate of drug-likeness (QED) is 0.808. The van der Waals surface area contributed by atoms with Gasteiger partial charge < -0.3 is 4.90 Å². The van der Waals surface area contributed by atoms with Crippen molar-refractivity contribution in [1.82, 2.24) is 4.90 Å². The first kappa shape index (κ1) is 19.8. The molecule has 0 N–H and O–H groups in total. The van der Waals surface area contributed by atoms with Gasteiger partial charge in [0.15, 0.2) is 9.84 Å². The third kappa shape index (κ3) is 4.96. The van der Waals surface area contributed by atoms with Crippen LogP contribution in [0.2, 0.25) is 0 Å². The third-order valence-electron chi connectivity index (χ3n) is 4.48. The van der Waals surface area contributed by atoms with E-state index in [4.69, 9.17) is 0 Å². The second-order valence-corrected chi connectivity index (χ2v) is 8.67. The van der Waals surface area contributed by atoms with Crippen LogP contribution in [0.4, 0.5) is 13.2 Å². The summed E-state index contributed by atoms with van der Waals surface area (Å²) in [5, 5.41) is -1.35. The lowest BCUT2D eigenvalue weighted by Gasteiger charge is -2.24. The van der Waals surface area contributed by atoms with Crippen molar-refractivity contribution in [2.24, 2.45) is 0 Å². The molecule has 0 spiro atoms. The van der Waals surface area contributed by atoms with Gasteiger partial charge in [-0.3, -0.25) is 4.79 Å². The minimum Gasteiger partial charge on any atom is -0.342 e. The molecule has 1 amide bonds. The number of sulfone groups is 1. The fraction of sp³-hybridized carbons (Fsp3) is 0.588. The number of halogens is 3. The van der Waals surface area contributed by atoms with Crippen LogP contribution in [0.1, 0.15) is 43.7 Å². The number of carbonyl (C=O) groups excluding carboxylic acids is 1. The van der Waals surface area contributed by atoms with Gasteiger partial charge in [0, 0.05) is 13.1 Å². The van der Waals surface area contributed by atoms with Crippen molar-refractivity contribution in [1.29, 1.82) is 0 Å². The molecule has 8 heteroatoms. The fourth-order valence-electron chi connectivity index (χ4n) is 2.97. The molecule has 0 bridgehead atoms. The average molecular weight is 377 g/mol. The van der Waals surface area contributed by atoms with E-state index >= 15 is 0 Å². The number of benzene rings is 1. The first-order valence-corrected chi connectivity index (χ1v) is 10.00. The van der Waals surface area contributed by atoms with Crippen LogP contribution >= 0.6 is 0 Å². The molecule has 1 saturated heterocycles. The normalized spacial score (nSPS) is 17.8. The molecule has 4 nitrogen and oxygen atoms in total. The number of amides is 1. The Labute approximate surface area is 145 Å². The molecule has 1 fully saturated rings. The Morgan fingerprint density at radius 3 is 2.24 bits per heavy atom. The van der Waals surface area contributed by atoms with E-state index in [1.54, 1.807) is 0 Å². The molecule has 2 rings (SSSR count). The molecule has 0 saturated carbocycles. The second kappa shape index (κ2) is 7.76. The standard InChI is InChI=1S/C17H22F3NO3S/c1-13(16(22)21-10-6-2-3-7-11-21)25(23,24)12-14-8-4-5-9-15(14)17(18,19)20/h4-5,8-9,13H,2-3,6-7,10-12H2,1H3/t13-/m1/s1. The summed E-state index contributed by atoms with van der Waals surface area (Å²) in [7, 11) is -4.05. The Morgan fingerprint density at radius 1 is 1.12 bits per heavy atom. The summed E-state index contributed by atoms with van der Waals surface area (Å²) in [4.78, 5) is 14.0. The largest absolute Gasteiger partial charge is 0.416 e. The zero-order valence-electron chi connectivity index (χ0n) is 14.1. The maximum Gasteiger partial charge on any atom is 0.416 e. The summed E-state index contributed by atoms with van der Waals surface area (Å²) < 4.78 is 64.2. The van der Waals surface area contributed by atoms with Crippen molar-refractivity contribution in [3.05, 3.63) is 35.4 Å². The Balaban J connectivity index is 2.20. The number of hydrogen-bond donors (Lipinski definition) is 0. The van der Waals surface area contributed by atoms with Crippen molar-refractivity contribution in [2.45, 2.75) is 49.8 Å². The zero-order valence-corrected chi connectivity index (χ0v) is 14.9. The summed E-state index contributed by atoms with van der Waals surface area (Å²) in [5.41, 5.74) is -1.31. The number of likely N-dealkylation sites (tertiary alicyclic amines) is 1. The van der Waals surface area contributed by atoms with Crippen molar-refractivity contribution < 1.29 is 26.4 Å². The fourth-order valence-corrected chi connectivity index (χ4v) is 4.36. The van der Waals surface area contributed by atoms with Gasteiger partial charge in [0.2, 0.25) is 5.91 Å². The van der Waals surface area contributed by atoms with Crippen molar-refractivity contribution in [3.8, 4) is 0 Å². The first-order chi connectivity index (χ1) is 11.6. The first-order valence-electron chi connectivity index (χ1n) is 8.28. The molecule has 1 atom stereocenters. The number of rotatable bonds is 4. The molecule has 1 heterocycles. The SMILES string of the molecule is C[C@H](C(=O)N1CCCCCC1)S(=O)(=O)Cc1ccccc1C(F)(F)F. The number of carbonyl (C=O) groups is 1. The lowest BCUT2D eigenvalue weighted by atomic mass is 10.1. The van der Waals surface area contributed by atoms with E-state index in [1.165, 1.54) is 24.0 Å². The number of alkyl halides is 3. The van der Waals surface area contributed by atoms with Gasteiger partial charge in [-0.1, -0.05) is 31.0 Å². The van der Waals surface area contributed by atoms with Crippen LogP contribution in [0, 0.1) is 0 Å². The topological polar surface area (TPSA) is 54.5 Å². The molecule has 1 aliphatic rings. The van der Waals surface area contributed by atoms with Crippen LogP contribution < -0.4 is 0 Å². The number of nitrogens with zero attached hydrogens (tertiary/aromatic N) is 1. The Kier molecular flexibility index (Phi) is 6.13. The van der Waals surface area contributed by atoms with Gasteiger partial charge >= 0.3 is 6.18 Å². The van der Waals surface area contributed by atoms with Gasteiger partial charge in [0.1, 0.15) is 5.25 Å². The molecule has 25 heavy (non-hydrogen) atoms. The molecular weight excluding hydrogens is 355 g/mol. The van der Waals surface area contributed by atoms with E-state index in [0.717, 1.165) is 37.8 Å². The van der Waals surface area contributed by atoms with Crippen LogP contribution in [-0.2, 0) is 26.6 Å². The molecule has 1 aromatic rings. The van der Waals surface area contributed by atoms with Gasteiger partial charge in [0.25, 0.3) is 0 Å². The van der Waals surface area contributed by atoms with E-state index < -0.39 is 38.5 Å². The summed E-state index contributed by atoms with van der Waals surface area (Å²) in [5.74, 6) is -1.32. The molecule has 0 unspecified atom stereocenters.